The number of carbonyl (C=O) groups is 2. The van der Waals surface area contributed by atoms with Crippen LogP contribution in [0.25, 0.3) is 11.5 Å². The molecule has 1 amide bonds. The highest BCUT2D eigenvalue weighted by Gasteiger charge is 2.20. The van der Waals surface area contributed by atoms with E-state index in [9.17, 15) is 9.59 Å². The minimum Gasteiger partial charge on any atom is -0.449 e. The zero-order chi connectivity index (χ0) is 20.1. The van der Waals surface area contributed by atoms with Crippen molar-refractivity contribution in [3.8, 4) is 17.5 Å². The molecule has 1 N–H and O–H groups in total. The smallest absolute Gasteiger partial charge is 0.338 e. The predicted octanol–water partition coefficient (Wildman–Crippen LogP) is 3.10. The Balaban J connectivity index is 1.63. The number of aryl methyl sites for hydroxylation is 1. The Morgan fingerprint density at radius 1 is 1.18 bits per heavy atom. The van der Waals surface area contributed by atoms with E-state index < -0.39 is 18.0 Å². The molecule has 0 radical (unpaired) electrons. The van der Waals surface area contributed by atoms with Crippen molar-refractivity contribution in [1.82, 2.24) is 10.1 Å². The van der Waals surface area contributed by atoms with Crippen LogP contribution in [0.5, 0.6) is 0 Å². The maximum absolute atomic E-state index is 12.3. The Labute approximate surface area is 160 Å². The second-order valence-electron chi connectivity index (χ2n) is 5.92. The maximum atomic E-state index is 12.3. The van der Waals surface area contributed by atoms with Gasteiger partial charge in [0.25, 0.3) is 11.8 Å². The van der Waals surface area contributed by atoms with Crippen LogP contribution in [0.1, 0.15) is 28.7 Å². The number of rotatable bonds is 5. The van der Waals surface area contributed by atoms with Crippen LogP contribution in [0.3, 0.4) is 0 Å². The molecule has 1 atom stereocenters. The summed E-state index contributed by atoms with van der Waals surface area (Å²) in [7, 11) is 0. The van der Waals surface area contributed by atoms with Crippen LogP contribution in [-0.4, -0.2) is 28.1 Å². The van der Waals surface area contributed by atoms with Crippen molar-refractivity contribution in [2.45, 2.75) is 20.0 Å². The summed E-state index contributed by atoms with van der Waals surface area (Å²) in [5.41, 5.74) is 1.62. The maximum Gasteiger partial charge on any atom is 0.338 e. The lowest BCUT2D eigenvalue weighted by Gasteiger charge is -2.14. The second kappa shape index (κ2) is 8.14. The molecular weight excluding hydrogens is 360 g/mol. The molecule has 8 heteroatoms. The number of para-hydroxylation sites is 1. The number of amides is 1. The summed E-state index contributed by atoms with van der Waals surface area (Å²) in [6.45, 7) is 3.16. The highest BCUT2D eigenvalue weighted by molar-refractivity contribution is 5.98. The first-order valence-electron chi connectivity index (χ1n) is 8.39. The summed E-state index contributed by atoms with van der Waals surface area (Å²) in [6.07, 6.45) is -1.04. The molecule has 0 aliphatic heterocycles. The molecular formula is C20H16N4O4. The highest BCUT2D eigenvalue weighted by Crippen LogP contribution is 2.19. The predicted molar refractivity (Wildman–Crippen MR) is 99.1 cm³/mol. The summed E-state index contributed by atoms with van der Waals surface area (Å²) < 4.78 is 10.3. The van der Waals surface area contributed by atoms with E-state index in [4.69, 9.17) is 14.5 Å². The van der Waals surface area contributed by atoms with Crippen molar-refractivity contribution in [1.29, 1.82) is 5.26 Å². The first kappa shape index (κ1) is 18.8. The molecule has 8 nitrogen and oxygen atoms in total. The van der Waals surface area contributed by atoms with Gasteiger partial charge < -0.3 is 14.6 Å². The van der Waals surface area contributed by atoms with E-state index in [1.807, 2.05) is 6.07 Å². The number of nitrogens with one attached hydrogen (secondary N) is 1. The Hall–Kier alpha value is -3.99. The van der Waals surface area contributed by atoms with Crippen molar-refractivity contribution < 1.29 is 18.8 Å². The lowest BCUT2D eigenvalue weighted by atomic mass is 10.1. The van der Waals surface area contributed by atoms with Crippen LogP contribution in [0, 0.1) is 18.3 Å². The van der Waals surface area contributed by atoms with Gasteiger partial charge in [-0.25, -0.2) is 4.79 Å². The molecule has 0 saturated heterocycles. The van der Waals surface area contributed by atoms with E-state index in [-0.39, 0.29) is 5.56 Å². The monoisotopic (exact) mass is 376 g/mol. The normalized spacial score (nSPS) is 11.3. The molecule has 0 bridgehead atoms. The van der Waals surface area contributed by atoms with E-state index in [0.717, 1.165) is 0 Å². The highest BCUT2D eigenvalue weighted by atomic mass is 16.5. The van der Waals surface area contributed by atoms with Crippen molar-refractivity contribution >= 4 is 17.6 Å². The van der Waals surface area contributed by atoms with Gasteiger partial charge in [0, 0.05) is 5.56 Å². The molecule has 3 aromatic rings. The zero-order valence-electron chi connectivity index (χ0n) is 15.2. The largest absolute Gasteiger partial charge is 0.449 e. The molecule has 0 unspecified atom stereocenters. The number of carbonyl (C=O) groups excluding carboxylic acids is 2. The Bertz CT molecular complexity index is 1050. The number of anilines is 1. The quantitative estimate of drug-likeness (QED) is 0.680. The molecule has 1 aromatic heterocycles. The van der Waals surface area contributed by atoms with E-state index >= 15 is 0 Å². The molecule has 0 saturated carbocycles. The van der Waals surface area contributed by atoms with Crippen LogP contribution in [-0.2, 0) is 9.53 Å². The Kier molecular flexibility index (Phi) is 5.46. The number of hydrogen-bond donors (Lipinski definition) is 1. The van der Waals surface area contributed by atoms with Gasteiger partial charge in [0.2, 0.25) is 0 Å². The fourth-order valence-electron chi connectivity index (χ4n) is 2.37. The van der Waals surface area contributed by atoms with Gasteiger partial charge in [-0.1, -0.05) is 17.3 Å². The zero-order valence-corrected chi connectivity index (χ0v) is 15.2. The SMILES string of the molecule is Cc1noc(-c2ccc(C(=O)O[C@@H](C)C(=O)Nc3ccccc3C#N)cc2)n1. The van der Waals surface area contributed by atoms with Crippen molar-refractivity contribution in [2.75, 3.05) is 5.32 Å². The topological polar surface area (TPSA) is 118 Å². The number of nitriles is 1. The fourth-order valence-corrected chi connectivity index (χ4v) is 2.37. The molecule has 3 rings (SSSR count). The van der Waals surface area contributed by atoms with Gasteiger partial charge in [-0.15, -0.1) is 0 Å². The lowest BCUT2D eigenvalue weighted by Crippen LogP contribution is -2.30. The van der Waals surface area contributed by atoms with E-state index in [1.165, 1.54) is 6.92 Å². The summed E-state index contributed by atoms with van der Waals surface area (Å²) in [5.74, 6) is -0.323. The minimum absolute atomic E-state index is 0.275. The second-order valence-corrected chi connectivity index (χ2v) is 5.92. The molecule has 0 spiro atoms. The van der Waals surface area contributed by atoms with Gasteiger partial charge in [-0.3, -0.25) is 4.79 Å². The first-order chi connectivity index (χ1) is 13.5. The van der Waals surface area contributed by atoms with Gasteiger partial charge in [-0.2, -0.15) is 10.2 Å². The van der Waals surface area contributed by atoms with Crippen molar-refractivity contribution in [2.24, 2.45) is 0 Å². The molecule has 2 aromatic carbocycles. The van der Waals surface area contributed by atoms with Crippen LogP contribution in [0.4, 0.5) is 5.69 Å². The summed E-state index contributed by atoms with van der Waals surface area (Å²) in [4.78, 5) is 28.7. The first-order valence-corrected chi connectivity index (χ1v) is 8.39. The standard InChI is InChI=1S/C20H16N4O4/c1-12(18(25)23-17-6-4-3-5-16(17)11-21)27-20(26)15-9-7-14(8-10-15)19-22-13(2)24-28-19/h3-10,12H,1-2H3,(H,23,25)/t12-/m0/s1. The van der Waals surface area contributed by atoms with Gasteiger partial charge >= 0.3 is 5.97 Å². The number of ether oxygens (including phenoxy) is 1. The third kappa shape index (κ3) is 4.22. The number of hydrogen-bond acceptors (Lipinski definition) is 7. The average Bonchev–Trinajstić information content (AvgIpc) is 3.14. The van der Waals surface area contributed by atoms with E-state index in [1.54, 1.807) is 55.5 Å². The number of aromatic nitrogens is 2. The van der Waals surface area contributed by atoms with Crippen molar-refractivity contribution in [3.63, 3.8) is 0 Å². The molecule has 0 aliphatic rings. The van der Waals surface area contributed by atoms with Crippen LogP contribution < -0.4 is 5.32 Å². The molecule has 1 heterocycles. The van der Waals surface area contributed by atoms with E-state index in [2.05, 4.69) is 15.5 Å². The Morgan fingerprint density at radius 3 is 2.54 bits per heavy atom. The number of nitrogens with zero attached hydrogens (tertiary/aromatic N) is 3. The summed E-state index contributed by atoms with van der Waals surface area (Å²) in [6, 6.07) is 15.0. The Morgan fingerprint density at radius 2 is 1.89 bits per heavy atom. The van der Waals surface area contributed by atoms with Crippen LogP contribution in [0.2, 0.25) is 0 Å². The van der Waals surface area contributed by atoms with Crippen LogP contribution >= 0.6 is 0 Å². The molecule has 28 heavy (non-hydrogen) atoms. The van der Waals surface area contributed by atoms with Gasteiger partial charge in [-0.05, 0) is 50.2 Å². The minimum atomic E-state index is -1.04. The van der Waals surface area contributed by atoms with Gasteiger partial charge in [0.15, 0.2) is 11.9 Å². The fraction of sp³-hybridized carbons (Fsp3) is 0.150. The molecule has 0 aliphatic carbocycles. The van der Waals surface area contributed by atoms with Gasteiger partial charge in [0.1, 0.15) is 6.07 Å². The number of benzene rings is 2. The summed E-state index contributed by atoms with van der Waals surface area (Å²) >= 11 is 0. The molecule has 0 fully saturated rings. The molecule has 140 valence electrons. The third-order valence-corrected chi connectivity index (χ3v) is 3.85. The van der Waals surface area contributed by atoms with Crippen LogP contribution in [0.15, 0.2) is 53.1 Å². The number of esters is 1. The average molecular weight is 376 g/mol. The van der Waals surface area contributed by atoms with Crippen molar-refractivity contribution in [3.05, 3.63) is 65.5 Å². The summed E-state index contributed by atoms with van der Waals surface area (Å²) in [5, 5.41) is 15.4. The third-order valence-electron chi connectivity index (χ3n) is 3.85. The van der Waals surface area contributed by atoms with Gasteiger partial charge in [0.05, 0.1) is 16.8 Å². The van der Waals surface area contributed by atoms with E-state index in [0.29, 0.717) is 28.5 Å². The lowest BCUT2D eigenvalue weighted by molar-refractivity contribution is -0.123.